The first-order chi connectivity index (χ1) is 10.2. The summed E-state index contributed by atoms with van der Waals surface area (Å²) < 4.78 is 3.88. The molecule has 7 heteroatoms. The predicted molar refractivity (Wildman–Crippen MR) is 81.0 cm³/mol. The normalized spacial score (nSPS) is 18.9. The maximum atomic E-state index is 4.66. The van der Waals surface area contributed by atoms with Crippen LogP contribution in [0.4, 0.5) is 0 Å². The van der Waals surface area contributed by atoms with Gasteiger partial charge in [-0.15, -0.1) is 26.6 Å². The molecule has 0 saturated carbocycles. The second-order valence-electron chi connectivity index (χ2n) is 5.81. The van der Waals surface area contributed by atoms with E-state index in [0.717, 1.165) is 17.2 Å². The van der Waals surface area contributed by atoms with Gasteiger partial charge >= 0.3 is 0 Å². The van der Waals surface area contributed by atoms with E-state index in [-0.39, 0.29) is 0 Å². The fourth-order valence-corrected chi connectivity index (χ4v) is 4.94. The van der Waals surface area contributed by atoms with Crippen LogP contribution in [0.25, 0.3) is 21.6 Å². The van der Waals surface area contributed by atoms with Gasteiger partial charge in [0, 0.05) is 4.88 Å². The van der Waals surface area contributed by atoms with Gasteiger partial charge in [0.1, 0.15) is 17.0 Å². The number of aryl methyl sites for hydroxylation is 2. The first-order valence-electron chi connectivity index (χ1n) is 7.24. The summed E-state index contributed by atoms with van der Waals surface area (Å²) in [6.07, 6.45) is 5.47. The molecule has 0 N–H and O–H groups in total. The highest BCUT2D eigenvalue weighted by Crippen LogP contribution is 2.43. The van der Waals surface area contributed by atoms with Crippen molar-refractivity contribution in [1.82, 2.24) is 29.2 Å². The minimum absolute atomic E-state index is 0.581. The smallest absolute Gasteiger partial charge is 0.256 e. The van der Waals surface area contributed by atoms with E-state index in [1.807, 2.05) is 27.2 Å². The molecule has 0 radical (unpaired) electrons. The zero-order valence-electron chi connectivity index (χ0n) is 11.9. The van der Waals surface area contributed by atoms with E-state index in [4.69, 9.17) is 0 Å². The first kappa shape index (κ1) is 11.6. The Labute approximate surface area is 124 Å². The highest BCUT2D eigenvalue weighted by Gasteiger charge is 2.26. The van der Waals surface area contributed by atoms with Crippen LogP contribution >= 0.6 is 11.3 Å². The number of hydrogen-bond acceptors (Lipinski definition) is 5. The number of nitrogens with zero attached hydrogens (tertiary/aromatic N) is 6. The zero-order valence-corrected chi connectivity index (χ0v) is 12.7. The van der Waals surface area contributed by atoms with Gasteiger partial charge in [0.2, 0.25) is 0 Å². The highest BCUT2D eigenvalue weighted by atomic mass is 32.1. The lowest BCUT2D eigenvalue weighted by molar-refractivity contribution is 0.602. The predicted octanol–water partition coefficient (Wildman–Crippen LogP) is 2.73. The van der Waals surface area contributed by atoms with Crippen LogP contribution in [0.15, 0.2) is 6.33 Å². The molecule has 0 saturated heterocycles. The zero-order chi connectivity index (χ0) is 14.1. The van der Waals surface area contributed by atoms with Crippen molar-refractivity contribution in [2.45, 2.75) is 39.0 Å². The Morgan fingerprint density at radius 3 is 3.19 bits per heavy atom. The number of thiophene rings is 1. The maximum Gasteiger partial charge on any atom is 0.259 e. The van der Waals surface area contributed by atoms with Crippen LogP contribution in [-0.2, 0) is 6.42 Å². The molecular weight excluding hydrogens is 284 g/mol. The van der Waals surface area contributed by atoms with Crippen molar-refractivity contribution < 1.29 is 0 Å². The molecule has 0 fully saturated rings. The third-order valence-corrected chi connectivity index (χ3v) is 5.68. The molecule has 1 aliphatic rings. The summed E-state index contributed by atoms with van der Waals surface area (Å²) in [6.45, 7) is 4.24. The van der Waals surface area contributed by atoms with Crippen molar-refractivity contribution in [3.8, 4) is 0 Å². The van der Waals surface area contributed by atoms with Gasteiger partial charge in [0.15, 0.2) is 5.65 Å². The van der Waals surface area contributed by atoms with Crippen LogP contribution in [-0.4, -0.2) is 29.2 Å². The fraction of sp³-hybridized carbons (Fsp3) is 0.429. The Hall–Kier alpha value is -2.02. The van der Waals surface area contributed by atoms with E-state index in [9.17, 15) is 0 Å². The first-order valence-corrected chi connectivity index (χ1v) is 8.06. The molecule has 1 unspecified atom stereocenters. The molecule has 5 rings (SSSR count). The van der Waals surface area contributed by atoms with Crippen LogP contribution < -0.4 is 0 Å². The summed E-state index contributed by atoms with van der Waals surface area (Å²) in [5.74, 6) is 2.09. The third kappa shape index (κ3) is 1.37. The van der Waals surface area contributed by atoms with Gasteiger partial charge in [-0.3, -0.25) is 4.40 Å². The quantitative estimate of drug-likeness (QED) is 0.501. The molecule has 1 aliphatic carbocycles. The van der Waals surface area contributed by atoms with Crippen LogP contribution in [0.2, 0.25) is 0 Å². The van der Waals surface area contributed by atoms with E-state index in [2.05, 4.69) is 27.2 Å². The number of aromatic nitrogens is 6. The maximum absolute atomic E-state index is 4.66. The average Bonchev–Trinajstić information content (AvgIpc) is 3.12. The van der Waals surface area contributed by atoms with Gasteiger partial charge in [-0.2, -0.15) is 4.52 Å². The minimum Gasteiger partial charge on any atom is -0.256 e. The van der Waals surface area contributed by atoms with Gasteiger partial charge in [0.25, 0.3) is 5.78 Å². The molecule has 0 aliphatic heterocycles. The topological polar surface area (TPSA) is 60.4 Å². The van der Waals surface area contributed by atoms with Crippen molar-refractivity contribution in [2.75, 3.05) is 0 Å². The largest absolute Gasteiger partial charge is 0.259 e. The molecule has 0 spiro atoms. The van der Waals surface area contributed by atoms with Crippen LogP contribution in [0.5, 0.6) is 0 Å². The number of hydrogen-bond donors (Lipinski definition) is 0. The molecule has 106 valence electrons. The molecule has 4 aromatic heterocycles. The standard InChI is InChI=1S/C14H14N6S/c1-7-4-3-5-9-10(7)11-12-16-8(2)18-20(12)14-17-15-6-19(14)13(11)21-9/h6-7H,3-5H2,1-2H3. The van der Waals surface area contributed by atoms with Crippen molar-refractivity contribution in [3.63, 3.8) is 0 Å². The monoisotopic (exact) mass is 298 g/mol. The lowest BCUT2D eigenvalue weighted by Gasteiger charge is -2.18. The van der Waals surface area contributed by atoms with Crippen molar-refractivity contribution in [2.24, 2.45) is 0 Å². The molecular formula is C14H14N6S. The number of fused-ring (bicyclic) bond motifs is 8. The molecule has 1 atom stereocenters. The van der Waals surface area contributed by atoms with Gasteiger partial charge in [-0.05, 0) is 37.7 Å². The molecule has 0 aromatic carbocycles. The lowest BCUT2D eigenvalue weighted by Crippen LogP contribution is -2.05. The van der Waals surface area contributed by atoms with Crippen LogP contribution in [0.3, 0.4) is 0 Å². The summed E-state index contributed by atoms with van der Waals surface area (Å²) in [4.78, 5) is 7.36. The summed E-state index contributed by atoms with van der Waals surface area (Å²) in [5.41, 5.74) is 2.39. The van der Waals surface area contributed by atoms with Gasteiger partial charge in [-0.25, -0.2) is 4.98 Å². The Morgan fingerprint density at radius 2 is 2.29 bits per heavy atom. The molecule has 0 bridgehead atoms. The molecule has 6 nitrogen and oxygen atoms in total. The van der Waals surface area contributed by atoms with Gasteiger partial charge < -0.3 is 0 Å². The second kappa shape index (κ2) is 3.79. The molecule has 21 heavy (non-hydrogen) atoms. The van der Waals surface area contributed by atoms with E-state index >= 15 is 0 Å². The van der Waals surface area contributed by atoms with E-state index in [0.29, 0.717) is 5.92 Å². The van der Waals surface area contributed by atoms with Crippen molar-refractivity contribution >= 4 is 33.0 Å². The van der Waals surface area contributed by atoms with Crippen molar-refractivity contribution in [1.29, 1.82) is 0 Å². The second-order valence-corrected chi connectivity index (χ2v) is 6.89. The summed E-state index contributed by atoms with van der Waals surface area (Å²) in [7, 11) is 0. The Kier molecular flexibility index (Phi) is 2.10. The average molecular weight is 298 g/mol. The molecule has 4 aromatic rings. The Bertz CT molecular complexity index is 1010. The third-order valence-electron chi connectivity index (χ3n) is 4.41. The molecule has 0 amide bonds. The number of rotatable bonds is 0. The molecule has 4 heterocycles. The van der Waals surface area contributed by atoms with Gasteiger partial charge in [0.05, 0.1) is 5.39 Å². The summed E-state index contributed by atoms with van der Waals surface area (Å²) >= 11 is 1.86. The van der Waals surface area contributed by atoms with Crippen molar-refractivity contribution in [3.05, 3.63) is 22.6 Å². The fourth-order valence-electron chi connectivity index (χ4n) is 3.52. The summed E-state index contributed by atoms with van der Waals surface area (Å²) in [6, 6.07) is 0. The summed E-state index contributed by atoms with van der Waals surface area (Å²) in [5, 5.41) is 14.0. The Morgan fingerprint density at radius 1 is 1.38 bits per heavy atom. The SMILES string of the molecule is Cc1nc2c3c4c(sc3n3cnnc3n2n1)CCCC4C. The lowest BCUT2D eigenvalue weighted by atomic mass is 9.87. The van der Waals surface area contributed by atoms with E-state index < -0.39 is 0 Å². The van der Waals surface area contributed by atoms with Crippen LogP contribution in [0, 0.1) is 6.92 Å². The van der Waals surface area contributed by atoms with Gasteiger partial charge in [-0.1, -0.05) is 6.92 Å². The minimum atomic E-state index is 0.581. The van der Waals surface area contributed by atoms with Crippen LogP contribution in [0.1, 0.15) is 41.9 Å². The van der Waals surface area contributed by atoms with E-state index in [1.165, 1.54) is 39.9 Å². The highest BCUT2D eigenvalue weighted by molar-refractivity contribution is 7.19. The van der Waals surface area contributed by atoms with E-state index in [1.54, 1.807) is 6.33 Å². The Balaban J connectivity index is 2.11.